The summed E-state index contributed by atoms with van der Waals surface area (Å²) in [4.78, 5) is -0.0376. The van der Waals surface area contributed by atoms with Gasteiger partial charge in [0.05, 0.1) is 5.56 Å². The van der Waals surface area contributed by atoms with Crippen LogP contribution in [0.1, 0.15) is 50.7 Å². The van der Waals surface area contributed by atoms with Gasteiger partial charge in [0.25, 0.3) is 0 Å². The van der Waals surface area contributed by atoms with E-state index in [4.69, 9.17) is 18.0 Å². The monoisotopic (exact) mass is 318 g/mol. The second kappa shape index (κ2) is 7.64. The van der Waals surface area contributed by atoms with Crippen molar-refractivity contribution in [3.8, 4) is 0 Å². The van der Waals surface area contributed by atoms with Gasteiger partial charge in [0, 0.05) is 17.3 Å². The number of thiocarbonyl (C=S) groups is 1. The van der Waals surface area contributed by atoms with E-state index in [1.165, 1.54) is 6.07 Å². The van der Waals surface area contributed by atoms with E-state index in [9.17, 15) is 13.2 Å². The van der Waals surface area contributed by atoms with Crippen LogP contribution in [0.5, 0.6) is 0 Å². The molecule has 0 aliphatic carbocycles. The fraction of sp³-hybridized carbons (Fsp3) is 0.533. The van der Waals surface area contributed by atoms with Crippen molar-refractivity contribution in [3.05, 3.63) is 29.3 Å². The zero-order valence-electron chi connectivity index (χ0n) is 12.3. The van der Waals surface area contributed by atoms with Crippen molar-refractivity contribution in [3.63, 3.8) is 0 Å². The van der Waals surface area contributed by atoms with Crippen LogP contribution in [-0.2, 0) is 6.18 Å². The van der Waals surface area contributed by atoms with Crippen molar-refractivity contribution in [1.82, 2.24) is 0 Å². The van der Waals surface area contributed by atoms with Gasteiger partial charge in [0.1, 0.15) is 4.99 Å². The van der Waals surface area contributed by atoms with Gasteiger partial charge < -0.3 is 11.1 Å². The number of nitrogens with two attached hydrogens (primary N) is 1. The summed E-state index contributed by atoms with van der Waals surface area (Å²) in [6, 6.07) is 3.60. The normalized spacial score (nSPS) is 13.0. The van der Waals surface area contributed by atoms with Gasteiger partial charge in [0.15, 0.2) is 0 Å². The lowest BCUT2D eigenvalue weighted by Gasteiger charge is -2.19. The Balaban J connectivity index is 2.89. The van der Waals surface area contributed by atoms with Crippen LogP contribution in [0.4, 0.5) is 18.9 Å². The summed E-state index contributed by atoms with van der Waals surface area (Å²) in [5.74, 6) is 0. The standard InChI is InChI=1S/C15H21F3N2S/c1-3-4-5-6-10(2)20-13-8-7-11(15(16,17)18)9-12(13)14(19)21/h7-10,20H,3-6H2,1-2H3,(H2,19,21). The minimum Gasteiger partial charge on any atom is -0.389 e. The number of benzene rings is 1. The molecule has 0 amide bonds. The molecule has 1 unspecified atom stereocenters. The molecule has 1 aromatic carbocycles. The number of nitrogens with one attached hydrogen (secondary N) is 1. The molecule has 0 bridgehead atoms. The zero-order valence-corrected chi connectivity index (χ0v) is 13.1. The Bertz CT molecular complexity index is 486. The maximum atomic E-state index is 12.7. The summed E-state index contributed by atoms with van der Waals surface area (Å²) in [5.41, 5.74) is 5.60. The predicted molar refractivity (Wildman–Crippen MR) is 84.6 cm³/mol. The molecule has 6 heteroatoms. The second-order valence-electron chi connectivity index (χ2n) is 5.16. The second-order valence-corrected chi connectivity index (χ2v) is 5.60. The summed E-state index contributed by atoms with van der Waals surface area (Å²) in [5, 5.41) is 3.19. The summed E-state index contributed by atoms with van der Waals surface area (Å²) in [6.45, 7) is 4.12. The van der Waals surface area contributed by atoms with Crippen LogP contribution in [0.15, 0.2) is 18.2 Å². The first-order chi connectivity index (χ1) is 9.75. The molecule has 1 rings (SSSR count). The first-order valence-corrected chi connectivity index (χ1v) is 7.44. The van der Waals surface area contributed by atoms with Crippen LogP contribution in [0.3, 0.4) is 0 Å². The average Bonchev–Trinajstić information content (AvgIpc) is 2.37. The first-order valence-electron chi connectivity index (χ1n) is 7.03. The summed E-state index contributed by atoms with van der Waals surface area (Å²) in [6.07, 6.45) is -0.101. The third kappa shape index (κ3) is 5.53. The molecule has 21 heavy (non-hydrogen) atoms. The van der Waals surface area contributed by atoms with E-state index in [0.29, 0.717) is 5.69 Å². The lowest BCUT2D eigenvalue weighted by atomic mass is 10.1. The van der Waals surface area contributed by atoms with Gasteiger partial charge in [-0.05, 0) is 31.5 Å². The highest BCUT2D eigenvalue weighted by atomic mass is 32.1. The van der Waals surface area contributed by atoms with Gasteiger partial charge in [-0.25, -0.2) is 0 Å². The first kappa shape index (κ1) is 17.8. The molecular weight excluding hydrogens is 297 g/mol. The van der Waals surface area contributed by atoms with Crippen LogP contribution in [-0.4, -0.2) is 11.0 Å². The van der Waals surface area contributed by atoms with E-state index >= 15 is 0 Å². The van der Waals surface area contributed by atoms with Crippen LogP contribution in [0, 0.1) is 0 Å². The van der Waals surface area contributed by atoms with Crippen LogP contribution >= 0.6 is 12.2 Å². The van der Waals surface area contributed by atoms with Crippen molar-refractivity contribution in [2.45, 2.75) is 51.7 Å². The maximum Gasteiger partial charge on any atom is 0.416 e. The van der Waals surface area contributed by atoms with E-state index < -0.39 is 11.7 Å². The molecule has 0 fully saturated rings. The van der Waals surface area contributed by atoms with Crippen LogP contribution in [0.25, 0.3) is 0 Å². The highest BCUT2D eigenvalue weighted by Gasteiger charge is 2.31. The molecule has 0 saturated carbocycles. The number of anilines is 1. The van der Waals surface area contributed by atoms with Crippen LogP contribution in [0.2, 0.25) is 0 Å². The molecule has 0 heterocycles. The molecular formula is C15H21F3N2S. The van der Waals surface area contributed by atoms with Crippen molar-refractivity contribution >= 4 is 22.9 Å². The Kier molecular flexibility index (Phi) is 6.45. The number of alkyl halides is 3. The summed E-state index contributed by atoms with van der Waals surface area (Å²) >= 11 is 4.86. The maximum absolute atomic E-state index is 12.7. The van der Waals surface area contributed by atoms with Crippen molar-refractivity contribution < 1.29 is 13.2 Å². The molecule has 0 spiro atoms. The molecule has 118 valence electrons. The Morgan fingerprint density at radius 3 is 2.52 bits per heavy atom. The zero-order chi connectivity index (χ0) is 16.0. The third-order valence-electron chi connectivity index (χ3n) is 3.25. The van der Waals surface area contributed by atoms with E-state index in [2.05, 4.69) is 12.2 Å². The van der Waals surface area contributed by atoms with E-state index in [-0.39, 0.29) is 16.6 Å². The smallest absolute Gasteiger partial charge is 0.389 e. The van der Waals surface area contributed by atoms with E-state index in [1.807, 2.05) is 6.92 Å². The molecule has 0 aromatic heterocycles. The van der Waals surface area contributed by atoms with Gasteiger partial charge in [0.2, 0.25) is 0 Å². The molecule has 0 aliphatic rings. The van der Waals surface area contributed by atoms with Crippen LogP contribution < -0.4 is 11.1 Å². The third-order valence-corrected chi connectivity index (χ3v) is 3.47. The minimum atomic E-state index is -4.40. The number of rotatable bonds is 7. The fourth-order valence-corrected chi connectivity index (χ4v) is 2.26. The highest BCUT2D eigenvalue weighted by molar-refractivity contribution is 7.80. The SMILES string of the molecule is CCCCCC(C)Nc1ccc(C(F)(F)F)cc1C(N)=S. The van der Waals surface area contributed by atoms with Gasteiger partial charge in [-0.1, -0.05) is 38.4 Å². The number of halogens is 3. The molecule has 3 N–H and O–H groups in total. The fourth-order valence-electron chi connectivity index (χ4n) is 2.09. The lowest BCUT2D eigenvalue weighted by Crippen LogP contribution is -2.20. The Hall–Kier alpha value is -1.30. The quantitative estimate of drug-likeness (QED) is 0.564. The lowest BCUT2D eigenvalue weighted by molar-refractivity contribution is -0.137. The summed E-state index contributed by atoms with van der Waals surface area (Å²) in [7, 11) is 0. The van der Waals surface area contributed by atoms with Gasteiger partial charge in [-0.15, -0.1) is 0 Å². The largest absolute Gasteiger partial charge is 0.416 e. The number of unbranched alkanes of at least 4 members (excludes halogenated alkanes) is 2. The number of hydrogen-bond acceptors (Lipinski definition) is 2. The Labute approximate surface area is 128 Å². The summed E-state index contributed by atoms with van der Waals surface area (Å²) < 4.78 is 38.2. The van der Waals surface area contributed by atoms with E-state index in [0.717, 1.165) is 37.8 Å². The minimum absolute atomic E-state index is 0.0376. The van der Waals surface area contributed by atoms with E-state index in [1.54, 1.807) is 0 Å². The van der Waals surface area contributed by atoms with Crippen molar-refractivity contribution in [2.75, 3.05) is 5.32 Å². The molecule has 0 saturated heterocycles. The number of hydrogen-bond donors (Lipinski definition) is 2. The molecule has 0 radical (unpaired) electrons. The highest BCUT2D eigenvalue weighted by Crippen LogP contribution is 2.32. The topological polar surface area (TPSA) is 38.0 Å². The van der Waals surface area contributed by atoms with Gasteiger partial charge in [-0.3, -0.25) is 0 Å². The van der Waals surface area contributed by atoms with Gasteiger partial charge >= 0.3 is 6.18 Å². The molecule has 1 atom stereocenters. The van der Waals surface area contributed by atoms with Crippen molar-refractivity contribution in [2.24, 2.45) is 5.73 Å². The Morgan fingerprint density at radius 2 is 2.00 bits per heavy atom. The molecule has 0 aliphatic heterocycles. The Morgan fingerprint density at radius 1 is 1.33 bits per heavy atom. The van der Waals surface area contributed by atoms with Crippen molar-refractivity contribution in [1.29, 1.82) is 0 Å². The molecule has 1 aromatic rings. The average molecular weight is 318 g/mol. The predicted octanol–water partition coefficient (Wildman–Crippen LogP) is 4.72. The molecule has 2 nitrogen and oxygen atoms in total. The van der Waals surface area contributed by atoms with Gasteiger partial charge in [-0.2, -0.15) is 13.2 Å².